The molecule has 0 aliphatic carbocycles. The summed E-state index contributed by atoms with van der Waals surface area (Å²) in [4.78, 5) is 28.2. The number of pyridine rings is 1. The van der Waals surface area contributed by atoms with E-state index < -0.39 is 11.4 Å². The summed E-state index contributed by atoms with van der Waals surface area (Å²) < 4.78 is 14.4. The van der Waals surface area contributed by atoms with Gasteiger partial charge in [-0.15, -0.1) is 0 Å². The third-order valence-electron chi connectivity index (χ3n) is 6.36. The summed E-state index contributed by atoms with van der Waals surface area (Å²) in [6, 6.07) is 11.1. The van der Waals surface area contributed by atoms with Crippen molar-refractivity contribution < 1.29 is 4.39 Å². The molecule has 0 saturated carbocycles. The fourth-order valence-electron chi connectivity index (χ4n) is 4.59. The molecule has 2 aromatic heterocycles. The van der Waals surface area contributed by atoms with Gasteiger partial charge >= 0.3 is 0 Å². The van der Waals surface area contributed by atoms with Crippen LogP contribution in [0.15, 0.2) is 41.2 Å². The molecule has 0 amide bonds. The first-order valence-corrected chi connectivity index (χ1v) is 11.0. The summed E-state index contributed by atoms with van der Waals surface area (Å²) in [7, 11) is 0. The van der Waals surface area contributed by atoms with Crippen molar-refractivity contribution in [2.75, 3.05) is 36.8 Å². The molecule has 2 aromatic carbocycles. The van der Waals surface area contributed by atoms with Gasteiger partial charge in [0.2, 0.25) is 0 Å². The second kappa shape index (κ2) is 7.94. The van der Waals surface area contributed by atoms with Gasteiger partial charge in [-0.3, -0.25) is 9.69 Å². The van der Waals surface area contributed by atoms with Crippen LogP contribution in [0.1, 0.15) is 20.3 Å². The Labute approximate surface area is 185 Å². The van der Waals surface area contributed by atoms with Crippen molar-refractivity contribution in [3.8, 4) is 11.4 Å². The predicted octanol–water partition coefficient (Wildman–Crippen LogP) is 3.71. The third-order valence-corrected chi connectivity index (χ3v) is 6.36. The highest BCUT2D eigenvalue weighted by Gasteiger charge is 2.20. The second-order valence-electron chi connectivity index (χ2n) is 8.66. The average Bonchev–Trinajstić information content (AvgIpc) is 2.99. The van der Waals surface area contributed by atoms with Crippen LogP contribution in [0.5, 0.6) is 0 Å². The number of halogens is 1. The molecule has 1 aliphatic heterocycles. The van der Waals surface area contributed by atoms with E-state index in [1.807, 2.05) is 6.07 Å². The number of nitrogens with two attached hydrogens (primary N) is 1. The summed E-state index contributed by atoms with van der Waals surface area (Å²) in [6.07, 6.45) is 1.11. The first kappa shape index (κ1) is 20.5. The van der Waals surface area contributed by atoms with Crippen LogP contribution in [0.2, 0.25) is 0 Å². The van der Waals surface area contributed by atoms with E-state index in [2.05, 4.69) is 50.7 Å². The van der Waals surface area contributed by atoms with Crippen LogP contribution in [0, 0.1) is 5.82 Å². The maximum absolute atomic E-state index is 14.4. The van der Waals surface area contributed by atoms with Gasteiger partial charge in [0.1, 0.15) is 17.2 Å². The number of nitrogen functional groups attached to an aromatic ring is 1. The summed E-state index contributed by atoms with van der Waals surface area (Å²) in [5.41, 5.74) is 9.11. The lowest BCUT2D eigenvalue weighted by molar-refractivity contribution is 0.238. The zero-order valence-corrected chi connectivity index (χ0v) is 18.3. The number of hydrogen-bond acceptors (Lipinski definition) is 5. The van der Waals surface area contributed by atoms with E-state index in [1.54, 1.807) is 12.1 Å². The first-order valence-electron chi connectivity index (χ1n) is 11.0. The van der Waals surface area contributed by atoms with Crippen molar-refractivity contribution in [1.82, 2.24) is 19.9 Å². The fraction of sp³-hybridized carbons (Fsp3) is 0.333. The number of rotatable bonds is 3. The van der Waals surface area contributed by atoms with Crippen LogP contribution in [0.25, 0.3) is 33.3 Å². The summed E-state index contributed by atoms with van der Waals surface area (Å²) in [5, 5.41) is 0.197. The van der Waals surface area contributed by atoms with Gasteiger partial charge in [-0.2, -0.15) is 0 Å². The highest BCUT2D eigenvalue weighted by molar-refractivity contribution is 5.98. The molecule has 1 saturated heterocycles. The molecular weight excluding hydrogens is 407 g/mol. The molecule has 0 spiro atoms. The number of nitrogens with one attached hydrogen (secondary N) is 2. The van der Waals surface area contributed by atoms with Crippen molar-refractivity contribution in [2.24, 2.45) is 0 Å². The monoisotopic (exact) mass is 434 g/mol. The summed E-state index contributed by atoms with van der Waals surface area (Å²) in [6.45, 7) is 8.55. The Morgan fingerprint density at radius 3 is 2.72 bits per heavy atom. The van der Waals surface area contributed by atoms with Crippen LogP contribution in [0.4, 0.5) is 15.8 Å². The molecule has 0 radical (unpaired) electrons. The smallest absolute Gasteiger partial charge is 0.261 e. The lowest BCUT2D eigenvalue weighted by Crippen LogP contribution is -2.35. The second-order valence-corrected chi connectivity index (χ2v) is 8.66. The SMILES string of the molecule is CC(C)N1CCCN(c2ccc3nc(-c4c(N)c5c(F)cccc5[nH]c4=O)[nH]c3c2)CC1. The molecule has 8 heteroatoms. The molecule has 1 fully saturated rings. The van der Waals surface area contributed by atoms with Gasteiger partial charge in [0, 0.05) is 37.9 Å². The molecule has 0 bridgehead atoms. The van der Waals surface area contributed by atoms with Gasteiger partial charge in [0.25, 0.3) is 5.56 Å². The average molecular weight is 435 g/mol. The zero-order valence-electron chi connectivity index (χ0n) is 18.3. The van der Waals surface area contributed by atoms with Gasteiger partial charge in [0.15, 0.2) is 0 Å². The topological polar surface area (TPSA) is 94.0 Å². The number of hydrogen-bond donors (Lipinski definition) is 3. The van der Waals surface area contributed by atoms with Crippen LogP contribution in [-0.2, 0) is 0 Å². The van der Waals surface area contributed by atoms with Crippen LogP contribution in [0.3, 0.4) is 0 Å². The number of nitrogens with zero attached hydrogens (tertiary/aromatic N) is 3. The van der Waals surface area contributed by atoms with Crippen molar-refractivity contribution >= 4 is 33.3 Å². The fourth-order valence-corrected chi connectivity index (χ4v) is 4.59. The zero-order chi connectivity index (χ0) is 22.4. The minimum atomic E-state index is -0.479. The van der Waals surface area contributed by atoms with E-state index in [4.69, 9.17) is 5.73 Å². The largest absolute Gasteiger partial charge is 0.397 e. The maximum Gasteiger partial charge on any atom is 0.261 e. The quantitative estimate of drug-likeness (QED) is 0.457. The normalized spacial score (nSPS) is 15.7. The van der Waals surface area contributed by atoms with Gasteiger partial charge in [-0.1, -0.05) is 6.07 Å². The number of anilines is 2. The summed E-state index contributed by atoms with van der Waals surface area (Å²) in [5.74, 6) is -0.143. The van der Waals surface area contributed by atoms with Crippen LogP contribution >= 0.6 is 0 Å². The molecule has 4 N–H and O–H groups in total. The molecular formula is C24H27FN6O. The molecule has 0 unspecified atom stereocenters. The Hall–Kier alpha value is -3.39. The Bertz CT molecular complexity index is 1360. The van der Waals surface area contributed by atoms with Crippen LogP contribution in [-0.4, -0.2) is 52.1 Å². The Morgan fingerprint density at radius 2 is 1.91 bits per heavy atom. The van der Waals surface area contributed by atoms with Crippen molar-refractivity contribution in [2.45, 2.75) is 26.3 Å². The highest BCUT2D eigenvalue weighted by atomic mass is 19.1. The first-order chi connectivity index (χ1) is 15.4. The minimum Gasteiger partial charge on any atom is -0.397 e. The molecule has 4 aromatic rings. The van der Waals surface area contributed by atoms with E-state index in [-0.39, 0.29) is 16.6 Å². The van der Waals surface area contributed by atoms with Crippen molar-refractivity contribution in [3.63, 3.8) is 0 Å². The Morgan fingerprint density at radius 1 is 1.06 bits per heavy atom. The maximum atomic E-state index is 14.4. The molecule has 0 atom stereocenters. The van der Waals surface area contributed by atoms with Gasteiger partial charge < -0.3 is 20.6 Å². The van der Waals surface area contributed by atoms with Gasteiger partial charge in [0.05, 0.1) is 27.6 Å². The number of fused-ring (bicyclic) bond motifs is 2. The number of H-pyrrole nitrogens is 2. The Balaban J connectivity index is 1.53. The minimum absolute atomic E-state index is 0.0856. The molecule has 32 heavy (non-hydrogen) atoms. The van der Waals surface area contributed by atoms with Crippen molar-refractivity contribution in [1.29, 1.82) is 0 Å². The number of aromatic nitrogens is 3. The number of aromatic amines is 2. The highest BCUT2D eigenvalue weighted by Crippen LogP contribution is 2.31. The predicted molar refractivity (Wildman–Crippen MR) is 128 cm³/mol. The van der Waals surface area contributed by atoms with E-state index in [9.17, 15) is 9.18 Å². The molecule has 3 heterocycles. The lowest BCUT2D eigenvalue weighted by atomic mass is 10.1. The number of imidazole rings is 1. The third kappa shape index (κ3) is 3.50. The molecule has 5 rings (SSSR count). The van der Waals surface area contributed by atoms with E-state index in [0.29, 0.717) is 17.4 Å². The summed E-state index contributed by atoms with van der Waals surface area (Å²) >= 11 is 0. The van der Waals surface area contributed by atoms with E-state index in [1.165, 1.54) is 6.07 Å². The Kier molecular flexibility index (Phi) is 5.09. The van der Waals surface area contributed by atoms with Crippen molar-refractivity contribution in [3.05, 3.63) is 52.6 Å². The van der Waals surface area contributed by atoms with E-state index >= 15 is 0 Å². The van der Waals surface area contributed by atoms with Gasteiger partial charge in [-0.25, -0.2) is 9.37 Å². The molecule has 166 valence electrons. The molecule has 1 aliphatic rings. The van der Waals surface area contributed by atoms with E-state index in [0.717, 1.165) is 49.3 Å². The molecule has 7 nitrogen and oxygen atoms in total. The lowest BCUT2D eigenvalue weighted by Gasteiger charge is -2.25. The number of benzene rings is 2. The van der Waals surface area contributed by atoms with Gasteiger partial charge in [-0.05, 0) is 50.6 Å². The standard InChI is InChI=1S/C24H27FN6O/c1-14(2)30-9-4-10-31(12-11-30)15-7-8-17-19(13-15)28-23(27-17)21-22(26)20-16(25)5-3-6-18(20)29-24(21)32/h3,5-8,13-14H,4,9-12H2,1-2H3,(H,27,28)(H3,26,29,32). The van der Waals surface area contributed by atoms with Crippen LogP contribution < -0.4 is 16.2 Å².